The van der Waals surface area contributed by atoms with Gasteiger partial charge in [0, 0.05) is 25.9 Å². The van der Waals surface area contributed by atoms with Crippen molar-refractivity contribution >= 4 is 18.2 Å². The first kappa shape index (κ1) is 27.0. The van der Waals surface area contributed by atoms with Gasteiger partial charge in [0.25, 0.3) is 0 Å². The summed E-state index contributed by atoms with van der Waals surface area (Å²) < 4.78 is 11.1. The third kappa shape index (κ3) is 5.84. The maximum Gasteiger partial charge on any atom is 0.311 e. The number of fused-ring (bicyclic) bond motifs is 5. The largest absolute Gasteiger partial charge is 0.462 e. The van der Waals surface area contributed by atoms with Gasteiger partial charge in [-0.2, -0.15) is 0 Å². The zero-order valence-corrected chi connectivity index (χ0v) is 20.8. The Morgan fingerprint density at radius 3 is 2.55 bits per heavy atom. The number of aldehydes is 1. The van der Waals surface area contributed by atoms with Crippen LogP contribution in [-0.2, 0) is 25.5 Å². The van der Waals surface area contributed by atoms with E-state index in [-0.39, 0.29) is 36.3 Å². The molecule has 0 bridgehead atoms. The van der Waals surface area contributed by atoms with E-state index < -0.39 is 0 Å². The molecule has 1 aromatic carbocycles. The van der Waals surface area contributed by atoms with E-state index in [1.165, 1.54) is 18.1 Å². The highest BCUT2D eigenvalue weighted by atomic mass is 16.5. The normalized spacial score (nSPS) is 28.9. The Morgan fingerprint density at radius 1 is 1.15 bits per heavy atom. The first-order chi connectivity index (χ1) is 15.9. The van der Waals surface area contributed by atoms with E-state index in [4.69, 9.17) is 14.6 Å². The number of aliphatic hydroxyl groups excluding tert-OH is 1. The maximum atomic E-state index is 11.8. The van der Waals surface area contributed by atoms with Crippen molar-refractivity contribution in [2.75, 3.05) is 7.11 Å². The van der Waals surface area contributed by atoms with Gasteiger partial charge in [-0.3, -0.25) is 9.59 Å². The molecule has 2 saturated carbocycles. The van der Waals surface area contributed by atoms with Crippen LogP contribution in [0.3, 0.4) is 0 Å². The summed E-state index contributed by atoms with van der Waals surface area (Å²) in [6.45, 7) is 7.84. The van der Waals surface area contributed by atoms with E-state index in [0.717, 1.165) is 51.9 Å². The molecule has 0 amide bonds. The molecule has 4 rings (SSSR count). The van der Waals surface area contributed by atoms with Crippen LogP contribution in [0, 0.1) is 17.3 Å². The lowest BCUT2D eigenvalue weighted by Gasteiger charge is -2.50. The Kier molecular flexibility index (Phi) is 10.1. The van der Waals surface area contributed by atoms with Crippen molar-refractivity contribution in [3.8, 4) is 5.75 Å². The second kappa shape index (κ2) is 12.3. The Hall–Kier alpha value is -2.21. The highest BCUT2D eigenvalue weighted by Gasteiger charge is 2.56. The van der Waals surface area contributed by atoms with Crippen molar-refractivity contribution in [3.05, 3.63) is 29.3 Å². The van der Waals surface area contributed by atoms with Gasteiger partial charge in [-0.05, 0) is 79.5 Å². The molecule has 5 atom stereocenters. The molecule has 5 unspecified atom stereocenters. The van der Waals surface area contributed by atoms with Crippen molar-refractivity contribution in [1.29, 1.82) is 0 Å². The molecule has 1 aromatic rings. The molecule has 3 aliphatic carbocycles. The zero-order chi connectivity index (χ0) is 24.6. The Morgan fingerprint density at radius 2 is 1.88 bits per heavy atom. The van der Waals surface area contributed by atoms with Crippen molar-refractivity contribution in [2.45, 2.75) is 91.1 Å². The second-order valence-corrected chi connectivity index (χ2v) is 9.18. The summed E-state index contributed by atoms with van der Waals surface area (Å²) in [5.41, 5.74) is 2.77. The van der Waals surface area contributed by atoms with Crippen LogP contribution in [0.15, 0.2) is 18.2 Å². The minimum Gasteiger partial charge on any atom is -0.462 e. The fraction of sp³-hybridized carbons (Fsp3) is 0.667. The third-order valence-electron chi connectivity index (χ3n) is 7.62. The fourth-order valence-electron chi connectivity index (χ4n) is 6.33. The van der Waals surface area contributed by atoms with Gasteiger partial charge in [0.2, 0.25) is 0 Å². The molecule has 6 nitrogen and oxygen atoms in total. The molecule has 33 heavy (non-hydrogen) atoms. The number of esters is 2. The average Bonchev–Trinajstić information content (AvgIpc) is 3.15. The molecular weight excluding hydrogens is 420 g/mol. The molecule has 1 N–H and O–H groups in total. The quantitative estimate of drug-likeness (QED) is 0.378. The van der Waals surface area contributed by atoms with Crippen molar-refractivity contribution in [2.24, 2.45) is 17.3 Å². The number of aliphatic hydroxyl groups is 1. The van der Waals surface area contributed by atoms with Crippen LogP contribution >= 0.6 is 0 Å². The molecule has 0 aliphatic heterocycles. The Balaban J connectivity index is 0.000000914. The number of ether oxygens (including phenoxy) is 2. The molecule has 6 heteroatoms. The molecule has 0 heterocycles. The van der Waals surface area contributed by atoms with Crippen LogP contribution in [0.5, 0.6) is 5.75 Å². The summed E-state index contributed by atoms with van der Waals surface area (Å²) >= 11 is 0. The molecule has 0 saturated heterocycles. The number of carbonyl (C=O) groups is 3. The molecular formula is C27H40O6. The monoisotopic (exact) mass is 460 g/mol. The molecule has 0 radical (unpaired) electrons. The van der Waals surface area contributed by atoms with Crippen LogP contribution in [-0.4, -0.2) is 36.5 Å². The summed E-state index contributed by atoms with van der Waals surface area (Å²) in [5.74, 6) is 1.81. The van der Waals surface area contributed by atoms with Gasteiger partial charge in [0.15, 0.2) is 0 Å². The van der Waals surface area contributed by atoms with E-state index in [1.54, 1.807) is 0 Å². The minimum atomic E-state index is -0.360. The van der Waals surface area contributed by atoms with Gasteiger partial charge in [0.05, 0.1) is 6.42 Å². The van der Waals surface area contributed by atoms with Gasteiger partial charge < -0.3 is 19.4 Å². The lowest BCUT2D eigenvalue weighted by atomic mass is 9.55. The highest BCUT2D eigenvalue weighted by Crippen LogP contribution is 2.61. The number of rotatable bonds is 5. The fourth-order valence-corrected chi connectivity index (χ4v) is 6.33. The summed E-state index contributed by atoms with van der Waals surface area (Å²) in [7, 11) is 1.00. The SMILES string of the molecule is CC.CC(=O)OC1CCC2C3CCc4cc(OC(=O)CCC=O)ccc4C3CCC12C.CO. The lowest BCUT2D eigenvalue weighted by molar-refractivity contribution is -0.154. The maximum absolute atomic E-state index is 11.8. The van der Waals surface area contributed by atoms with Crippen molar-refractivity contribution in [1.82, 2.24) is 0 Å². The summed E-state index contributed by atoms with van der Waals surface area (Å²) in [4.78, 5) is 33.8. The number of hydrogen-bond donors (Lipinski definition) is 1. The first-order valence-electron chi connectivity index (χ1n) is 12.3. The van der Waals surface area contributed by atoms with Gasteiger partial charge >= 0.3 is 11.9 Å². The number of hydrogen-bond acceptors (Lipinski definition) is 6. The molecule has 184 valence electrons. The van der Waals surface area contributed by atoms with Crippen LogP contribution in [0.25, 0.3) is 0 Å². The van der Waals surface area contributed by atoms with Gasteiger partial charge in [0.1, 0.15) is 18.1 Å². The number of carbonyl (C=O) groups excluding carboxylic acids is 3. The van der Waals surface area contributed by atoms with Gasteiger partial charge in [-0.25, -0.2) is 0 Å². The van der Waals surface area contributed by atoms with Crippen LogP contribution in [0.4, 0.5) is 0 Å². The predicted octanol–water partition coefficient (Wildman–Crippen LogP) is 4.99. The van der Waals surface area contributed by atoms with Crippen molar-refractivity contribution < 1.29 is 29.0 Å². The smallest absolute Gasteiger partial charge is 0.311 e. The molecule has 0 spiro atoms. The summed E-state index contributed by atoms with van der Waals surface area (Å²) in [6, 6.07) is 6.04. The Bertz CT molecular complexity index is 819. The van der Waals surface area contributed by atoms with E-state index in [9.17, 15) is 14.4 Å². The summed E-state index contributed by atoms with van der Waals surface area (Å²) in [5, 5.41) is 7.00. The van der Waals surface area contributed by atoms with E-state index in [1.807, 2.05) is 26.0 Å². The van der Waals surface area contributed by atoms with Crippen LogP contribution in [0.1, 0.15) is 89.7 Å². The standard InChI is InChI=1S/C24H30O5.C2H6.CH4O/c1-15(26)28-22-10-9-21-20-7-5-16-14-17(29-23(27)4-3-13-25)6-8-18(16)19(20)11-12-24(21,22)2;2*1-2/h6,8,13-14,19-22H,3-5,7,9-12H2,1-2H3;1-2H3;2H,1H3. The third-order valence-corrected chi connectivity index (χ3v) is 7.62. The van der Waals surface area contributed by atoms with Gasteiger partial charge in [-0.15, -0.1) is 0 Å². The minimum absolute atomic E-state index is 0.0560. The van der Waals surface area contributed by atoms with E-state index >= 15 is 0 Å². The second-order valence-electron chi connectivity index (χ2n) is 9.18. The molecule has 3 aliphatic rings. The highest BCUT2D eigenvalue weighted by molar-refractivity contribution is 5.75. The number of aryl methyl sites for hydroxylation is 1. The van der Waals surface area contributed by atoms with Gasteiger partial charge in [-0.1, -0.05) is 26.8 Å². The van der Waals surface area contributed by atoms with E-state index in [0.29, 0.717) is 23.5 Å². The summed E-state index contributed by atoms with van der Waals surface area (Å²) in [6.07, 6.45) is 7.54. The van der Waals surface area contributed by atoms with Crippen LogP contribution in [0.2, 0.25) is 0 Å². The number of benzene rings is 1. The molecule has 2 fully saturated rings. The lowest BCUT2D eigenvalue weighted by Crippen LogP contribution is -2.45. The van der Waals surface area contributed by atoms with E-state index in [2.05, 4.69) is 13.0 Å². The first-order valence-corrected chi connectivity index (χ1v) is 12.3. The topological polar surface area (TPSA) is 89.9 Å². The predicted molar refractivity (Wildman–Crippen MR) is 127 cm³/mol. The zero-order valence-electron chi connectivity index (χ0n) is 20.8. The average molecular weight is 461 g/mol. The molecule has 0 aromatic heterocycles. The van der Waals surface area contributed by atoms with Crippen LogP contribution < -0.4 is 4.74 Å². The van der Waals surface area contributed by atoms with Crippen molar-refractivity contribution in [3.63, 3.8) is 0 Å². The Labute approximate surface area is 198 Å².